The minimum absolute atomic E-state index is 0.0693. The zero-order valence-electron chi connectivity index (χ0n) is 55.3. The van der Waals surface area contributed by atoms with E-state index in [1.54, 1.807) is 12.1 Å². The first-order valence-corrected chi connectivity index (χ1v) is 33.7. The number of hydrogen-bond acceptors (Lipinski definition) is 19. The lowest BCUT2D eigenvalue weighted by Crippen LogP contribution is -2.49. The van der Waals surface area contributed by atoms with Gasteiger partial charge in [-0.2, -0.15) is 8.42 Å². The number of likely N-dealkylation sites (tertiary alicyclic amines) is 3. The Morgan fingerprint density at radius 3 is 1.24 bits per heavy atom. The van der Waals surface area contributed by atoms with Gasteiger partial charge in [-0.15, -0.1) is 0 Å². The van der Waals surface area contributed by atoms with E-state index >= 15 is 0 Å². The van der Waals surface area contributed by atoms with E-state index in [-0.39, 0.29) is 49.1 Å². The molecule has 23 nitrogen and oxygen atoms in total. The first-order chi connectivity index (χ1) is 43.6. The lowest BCUT2D eigenvalue weighted by atomic mass is 9.71. The summed E-state index contributed by atoms with van der Waals surface area (Å²) in [6.07, 6.45) is 8.01. The normalized spacial score (nSPS) is 16.6. The summed E-state index contributed by atoms with van der Waals surface area (Å²) in [6, 6.07) is 25.4. The first-order valence-electron chi connectivity index (χ1n) is 32.3. The standard InChI is InChI=1S/C30H49N3O7.C23H31NO8S.C14H26N2O2/c1-29(2,3)40-28(35)33-16-11-30(12-17-33)9-14-32(15-10-30)18-20-37-22-24-38-23-21-36-19-13-31-27(34)39-25-26-7-5-4-6-8-26;1-20-7-9-22(10-8-20)33(26,27)32-18-17-30-16-15-29-14-13-28-12-11-24-23(25)31-19-21-5-3-2-4-6-21;1-13(2,3)18-12(17)16-10-6-14(7-11-16)4-8-15-9-5-14/h4-8H,9-25H2,1-3H3,(H,31,34);2-10H,11-19H2,1H3,(H,24,25);15H,4-11H2,1-3H3. The summed E-state index contributed by atoms with van der Waals surface area (Å²) < 4.78 is 82.9. The summed E-state index contributed by atoms with van der Waals surface area (Å²) in [4.78, 5) is 53.9. The molecule has 4 fully saturated rings. The van der Waals surface area contributed by atoms with Crippen molar-refractivity contribution in [1.82, 2.24) is 30.7 Å². The van der Waals surface area contributed by atoms with Gasteiger partial charge in [0.2, 0.25) is 0 Å². The van der Waals surface area contributed by atoms with Crippen LogP contribution in [0, 0.1) is 17.8 Å². The van der Waals surface area contributed by atoms with Gasteiger partial charge in [-0.05, 0) is 160 Å². The summed E-state index contributed by atoms with van der Waals surface area (Å²) in [5.41, 5.74) is 2.87. The summed E-state index contributed by atoms with van der Waals surface area (Å²) in [5, 5.41) is 8.69. The Bertz CT molecular complexity index is 2590. The lowest BCUT2D eigenvalue weighted by molar-refractivity contribution is -0.00969. The smallest absolute Gasteiger partial charge is 0.410 e. The van der Waals surface area contributed by atoms with E-state index in [9.17, 15) is 27.6 Å². The van der Waals surface area contributed by atoms with Crippen LogP contribution in [-0.2, 0) is 74.9 Å². The number of hydrogen-bond donors (Lipinski definition) is 3. The van der Waals surface area contributed by atoms with Gasteiger partial charge in [-0.25, -0.2) is 19.2 Å². The SMILES string of the molecule is CC(C)(C)OC(=O)N1CCC2(CCN(CCOCCOCCOCCNC(=O)OCc3ccccc3)CC2)CC1.CC(C)(C)OC(=O)N1CCC2(CCNCC2)CC1.Cc1ccc(S(=O)(=O)OCCOCCOCCOCCNC(=O)OCc2ccccc2)cc1. The average Bonchev–Trinajstić information content (AvgIpc) is 1.17. The Morgan fingerprint density at radius 2 is 0.835 bits per heavy atom. The van der Waals surface area contributed by atoms with Gasteiger partial charge >= 0.3 is 24.4 Å². The quantitative estimate of drug-likeness (QED) is 0.0320. The van der Waals surface area contributed by atoms with Gasteiger partial charge in [0, 0.05) is 45.8 Å². The van der Waals surface area contributed by atoms with Crippen molar-refractivity contribution in [2.45, 2.75) is 129 Å². The van der Waals surface area contributed by atoms with Gasteiger partial charge < -0.3 is 78.0 Å². The van der Waals surface area contributed by atoms with Crippen LogP contribution < -0.4 is 16.0 Å². The van der Waals surface area contributed by atoms with Crippen LogP contribution in [0.15, 0.2) is 89.8 Å². The van der Waals surface area contributed by atoms with Gasteiger partial charge in [0.05, 0.1) is 90.8 Å². The molecule has 4 saturated heterocycles. The highest BCUT2D eigenvalue weighted by atomic mass is 32.2. The molecule has 3 N–H and O–H groups in total. The molecule has 4 aliphatic heterocycles. The highest BCUT2D eigenvalue weighted by molar-refractivity contribution is 7.86. The van der Waals surface area contributed by atoms with Crippen LogP contribution in [0.1, 0.15) is 110 Å². The summed E-state index contributed by atoms with van der Waals surface area (Å²) in [7, 11) is -3.77. The van der Waals surface area contributed by atoms with E-state index in [2.05, 4.69) is 20.9 Å². The number of nitrogens with zero attached hydrogens (tertiary/aromatic N) is 3. The second-order valence-electron chi connectivity index (χ2n) is 25.3. The molecule has 7 rings (SSSR count). The second-order valence-corrected chi connectivity index (χ2v) is 26.9. The fraction of sp³-hybridized carbons (Fsp3) is 0.672. The molecule has 512 valence electrons. The number of carbonyl (C=O) groups is 4. The van der Waals surface area contributed by atoms with E-state index in [0.29, 0.717) is 96.6 Å². The second kappa shape index (κ2) is 41.1. The Labute approximate surface area is 541 Å². The van der Waals surface area contributed by atoms with Gasteiger partial charge in [-0.1, -0.05) is 78.4 Å². The van der Waals surface area contributed by atoms with Crippen molar-refractivity contribution in [3.8, 4) is 0 Å². The van der Waals surface area contributed by atoms with E-state index in [1.165, 1.54) is 37.8 Å². The molecule has 4 aliphatic rings. The number of alkyl carbamates (subject to hydrolysis) is 2. The van der Waals surface area contributed by atoms with Crippen LogP contribution in [-0.4, -0.2) is 217 Å². The van der Waals surface area contributed by atoms with E-state index in [0.717, 1.165) is 101 Å². The summed E-state index contributed by atoms with van der Waals surface area (Å²) in [5.74, 6) is 0. The van der Waals surface area contributed by atoms with Crippen molar-refractivity contribution in [3.63, 3.8) is 0 Å². The molecule has 0 atom stereocenters. The van der Waals surface area contributed by atoms with Crippen molar-refractivity contribution < 1.29 is 79.1 Å². The number of rotatable bonds is 30. The molecule has 0 radical (unpaired) electrons. The molecule has 0 bridgehead atoms. The zero-order chi connectivity index (χ0) is 65.7. The number of ether oxygens (including phenoxy) is 10. The van der Waals surface area contributed by atoms with Crippen LogP contribution in [0.2, 0.25) is 0 Å². The topological polar surface area (TPSA) is 250 Å². The minimum atomic E-state index is -3.77. The predicted octanol–water partition coefficient (Wildman–Crippen LogP) is 9.14. The molecule has 3 aromatic carbocycles. The third-order valence-corrected chi connectivity index (χ3v) is 17.1. The molecular formula is C67H106N6O17S. The minimum Gasteiger partial charge on any atom is -0.445 e. The van der Waals surface area contributed by atoms with Crippen LogP contribution in [0.5, 0.6) is 0 Å². The van der Waals surface area contributed by atoms with Crippen LogP contribution in [0.4, 0.5) is 19.2 Å². The molecule has 0 aromatic heterocycles. The van der Waals surface area contributed by atoms with E-state index < -0.39 is 27.9 Å². The molecule has 91 heavy (non-hydrogen) atoms. The molecule has 24 heteroatoms. The van der Waals surface area contributed by atoms with E-state index in [1.807, 2.05) is 119 Å². The predicted molar refractivity (Wildman–Crippen MR) is 345 cm³/mol. The third-order valence-electron chi connectivity index (χ3n) is 15.8. The summed E-state index contributed by atoms with van der Waals surface area (Å²) >= 11 is 0. The zero-order valence-corrected chi connectivity index (χ0v) is 56.1. The van der Waals surface area contributed by atoms with E-state index in [4.69, 9.17) is 51.6 Å². The highest BCUT2D eigenvalue weighted by Crippen LogP contribution is 2.42. The molecule has 0 saturated carbocycles. The average molecular weight is 1300 g/mol. The van der Waals surface area contributed by atoms with Crippen molar-refractivity contribution in [2.75, 3.05) is 158 Å². The van der Waals surface area contributed by atoms with Crippen LogP contribution >= 0.6 is 0 Å². The van der Waals surface area contributed by atoms with Crippen molar-refractivity contribution in [3.05, 3.63) is 102 Å². The Balaban J connectivity index is 0.000000264. The third kappa shape index (κ3) is 32.6. The maximum atomic E-state index is 12.3. The fourth-order valence-corrected chi connectivity index (χ4v) is 11.3. The number of amides is 4. The maximum Gasteiger partial charge on any atom is 0.410 e. The largest absolute Gasteiger partial charge is 0.445 e. The fourth-order valence-electron chi connectivity index (χ4n) is 10.4. The van der Waals surface area contributed by atoms with Gasteiger partial charge in [0.1, 0.15) is 24.4 Å². The van der Waals surface area contributed by atoms with Gasteiger partial charge in [0.15, 0.2) is 0 Å². The van der Waals surface area contributed by atoms with Crippen molar-refractivity contribution in [2.24, 2.45) is 10.8 Å². The first kappa shape index (κ1) is 76.0. The van der Waals surface area contributed by atoms with Crippen molar-refractivity contribution >= 4 is 34.5 Å². The van der Waals surface area contributed by atoms with Gasteiger partial charge in [0.25, 0.3) is 10.1 Å². The molecule has 4 heterocycles. The number of nitrogens with one attached hydrogen (secondary N) is 3. The molecule has 3 aromatic rings. The van der Waals surface area contributed by atoms with Crippen LogP contribution in [0.3, 0.4) is 0 Å². The Morgan fingerprint density at radius 1 is 0.473 bits per heavy atom. The molecule has 0 aliphatic carbocycles. The Kier molecular flexibility index (Phi) is 34.4. The molecule has 4 amide bonds. The highest BCUT2D eigenvalue weighted by Gasteiger charge is 2.40. The van der Waals surface area contributed by atoms with Gasteiger partial charge in [-0.3, -0.25) is 4.18 Å². The number of benzene rings is 3. The number of piperidine rings is 4. The number of carbonyl (C=O) groups excluding carboxylic acids is 4. The van der Waals surface area contributed by atoms with Crippen LogP contribution in [0.25, 0.3) is 0 Å². The molecule has 2 spiro atoms. The van der Waals surface area contributed by atoms with Crippen molar-refractivity contribution in [1.29, 1.82) is 0 Å². The Hall–Kier alpha value is -5.67. The monoisotopic (exact) mass is 1300 g/mol. The summed E-state index contributed by atoms with van der Waals surface area (Å²) in [6.45, 7) is 28.2. The lowest BCUT2D eigenvalue weighted by Gasteiger charge is -2.46. The maximum absolute atomic E-state index is 12.3. The number of aryl methyl sites for hydroxylation is 1. The molecule has 0 unspecified atom stereocenters. The molecular weight excluding hydrogens is 1190 g/mol.